The summed E-state index contributed by atoms with van der Waals surface area (Å²) in [4.78, 5) is 22.0. The van der Waals surface area contributed by atoms with E-state index < -0.39 is 17.9 Å². The third-order valence-electron chi connectivity index (χ3n) is 2.17. The molecule has 0 aliphatic rings. The van der Waals surface area contributed by atoms with Gasteiger partial charge in [-0.15, -0.1) is 0 Å². The fourth-order valence-corrected chi connectivity index (χ4v) is 1.04. The van der Waals surface area contributed by atoms with Crippen LogP contribution < -0.4 is 0 Å². The topological polar surface area (TPSA) is 63.6 Å². The summed E-state index contributed by atoms with van der Waals surface area (Å²) in [6.45, 7) is 3.30. The van der Waals surface area contributed by atoms with Gasteiger partial charge in [0, 0.05) is 0 Å². The Kier molecular flexibility index (Phi) is 4.05. The van der Waals surface area contributed by atoms with E-state index in [0.29, 0.717) is 5.56 Å². The maximum atomic E-state index is 11.5. The molecule has 0 saturated heterocycles. The number of esters is 1. The molecule has 86 valence electrons. The lowest BCUT2D eigenvalue weighted by Gasteiger charge is -2.07. The fraction of sp³-hybridized carbons (Fsp3) is 0.333. The number of carbonyl (C=O) groups is 2. The van der Waals surface area contributed by atoms with E-state index in [1.807, 2.05) is 6.92 Å². The molecule has 1 N–H and O–H groups in total. The third-order valence-corrected chi connectivity index (χ3v) is 2.17. The lowest BCUT2D eigenvalue weighted by Crippen LogP contribution is -2.18. The molecule has 0 aliphatic heterocycles. The number of benzene rings is 1. The number of carboxylic acid groups (broad SMARTS) is 1. The van der Waals surface area contributed by atoms with Gasteiger partial charge in [0.2, 0.25) is 0 Å². The Balaban J connectivity index is 2.53. The van der Waals surface area contributed by atoms with E-state index in [0.717, 1.165) is 5.56 Å². The van der Waals surface area contributed by atoms with Crippen molar-refractivity contribution in [1.29, 1.82) is 0 Å². The molecule has 0 fully saturated rings. The van der Waals surface area contributed by atoms with Crippen LogP contribution in [0, 0.1) is 12.8 Å². The zero-order valence-corrected chi connectivity index (χ0v) is 9.27. The van der Waals surface area contributed by atoms with Crippen LogP contribution in [-0.2, 0) is 9.53 Å². The van der Waals surface area contributed by atoms with Gasteiger partial charge in [0.15, 0.2) is 0 Å². The van der Waals surface area contributed by atoms with Crippen LogP contribution in [0.4, 0.5) is 0 Å². The minimum Gasteiger partial charge on any atom is -0.481 e. The van der Waals surface area contributed by atoms with E-state index >= 15 is 0 Å². The summed E-state index contributed by atoms with van der Waals surface area (Å²) in [5.74, 6) is -2.15. The first-order valence-electron chi connectivity index (χ1n) is 4.97. The van der Waals surface area contributed by atoms with Gasteiger partial charge >= 0.3 is 11.9 Å². The smallest absolute Gasteiger partial charge is 0.338 e. The largest absolute Gasteiger partial charge is 0.481 e. The fourth-order valence-electron chi connectivity index (χ4n) is 1.04. The minimum atomic E-state index is -0.975. The average molecular weight is 222 g/mol. The molecule has 0 heterocycles. The summed E-state index contributed by atoms with van der Waals surface area (Å²) in [7, 11) is 0. The van der Waals surface area contributed by atoms with Crippen molar-refractivity contribution in [3.05, 3.63) is 35.4 Å². The zero-order chi connectivity index (χ0) is 12.1. The highest BCUT2D eigenvalue weighted by atomic mass is 16.5. The molecule has 16 heavy (non-hydrogen) atoms. The molecule has 1 atom stereocenters. The maximum Gasteiger partial charge on any atom is 0.338 e. The van der Waals surface area contributed by atoms with Crippen LogP contribution in [0.1, 0.15) is 22.8 Å². The van der Waals surface area contributed by atoms with E-state index in [-0.39, 0.29) is 6.61 Å². The molecule has 0 amide bonds. The van der Waals surface area contributed by atoms with E-state index in [1.165, 1.54) is 6.92 Å². The van der Waals surface area contributed by atoms with Crippen LogP contribution in [0.3, 0.4) is 0 Å². The number of rotatable bonds is 4. The zero-order valence-electron chi connectivity index (χ0n) is 9.27. The third kappa shape index (κ3) is 3.38. The van der Waals surface area contributed by atoms with Gasteiger partial charge in [-0.05, 0) is 26.0 Å². The van der Waals surface area contributed by atoms with Crippen molar-refractivity contribution in [2.75, 3.05) is 6.61 Å². The highest BCUT2D eigenvalue weighted by Gasteiger charge is 2.14. The van der Waals surface area contributed by atoms with Gasteiger partial charge in [-0.3, -0.25) is 4.79 Å². The standard InChI is InChI=1S/C12H14O4/c1-8-3-5-10(6-4-8)12(15)16-7-9(2)11(13)14/h3-6,9H,7H2,1-2H3,(H,13,14). The summed E-state index contributed by atoms with van der Waals surface area (Å²) in [6.07, 6.45) is 0. The van der Waals surface area contributed by atoms with Gasteiger partial charge < -0.3 is 9.84 Å². The van der Waals surface area contributed by atoms with Crippen molar-refractivity contribution >= 4 is 11.9 Å². The van der Waals surface area contributed by atoms with Crippen molar-refractivity contribution in [2.24, 2.45) is 5.92 Å². The molecule has 1 aromatic carbocycles. The van der Waals surface area contributed by atoms with E-state index in [1.54, 1.807) is 24.3 Å². The van der Waals surface area contributed by atoms with Crippen molar-refractivity contribution in [1.82, 2.24) is 0 Å². The van der Waals surface area contributed by atoms with Gasteiger partial charge in [0.05, 0.1) is 11.5 Å². The van der Waals surface area contributed by atoms with Crippen LogP contribution >= 0.6 is 0 Å². The second kappa shape index (κ2) is 5.30. The summed E-state index contributed by atoms with van der Waals surface area (Å²) in [6, 6.07) is 6.92. The highest BCUT2D eigenvalue weighted by molar-refractivity contribution is 5.89. The molecule has 0 bridgehead atoms. The van der Waals surface area contributed by atoms with Gasteiger partial charge in [-0.2, -0.15) is 0 Å². The Morgan fingerprint density at radius 1 is 1.31 bits per heavy atom. The van der Waals surface area contributed by atoms with Crippen LogP contribution in [0.25, 0.3) is 0 Å². The molecule has 0 spiro atoms. The Hall–Kier alpha value is -1.84. The van der Waals surface area contributed by atoms with Crippen molar-refractivity contribution in [3.8, 4) is 0 Å². The number of ether oxygens (including phenoxy) is 1. The normalized spacial score (nSPS) is 11.9. The lowest BCUT2D eigenvalue weighted by molar-refractivity contribution is -0.142. The SMILES string of the molecule is Cc1ccc(C(=O)OCC(C)C(=O)O)cc1. The lowest BCUT2D eigenvalue weighted by atomic mass is 10.1. The molecule has 0 aromatic heterocycles. The summed E-state index contributed by atoms with van der Waals surface area (Å²) in [5.41, 5.74) is 1.48. The van der Waals surface area contributed by atoms with E-state index in [4.69, 9.17) is 9.84 Å². The number of aliphatic carboxylic acids is 1. The highest BCUT2D eigenvalue weighted by Crippen LogP contribution is 2.06. The molecule has 0 radical (unpaired) electrons. The first kappa shape index (κ1) is 12.2. The quantitative estimate of drug-likeness (QED) is 0.790. The van der Waals surface area contributed by atoms with E-state index in [9.17, 15) is 9.59 Å². The molecule has 1 aromatic rings. The molecule has 0 aliphatic carbocycles. The first-order chi connectivity index (χ1) is 7.50. The maximum absolute atomic E-state index is 11.5. The second-order valence-corrected chi connectivity index (χ2v) is 3.70. The molecular weight excluding hydrogens is 208 g/mol. The second-order valence-electron chi connectivity index (χ2n) is 3.70. The Bertz CT molecular complexity index is 381. The Morgan fingerprint density at radius 2 is 1.88 bits per heavy atom. The van der Waals surface area contributed by atoms with Crippen LogP contribution in [0.2, 0.25) is 0 Å². The van der Waals surface area contributed by atoms with E-state index in [2.05, 4.69) is 0 Å². The van der Waals surface area contributed by atoms with Crippen molar-refractivity contribution in [3.63, 3.8) is 0 Å². The minimum absolute atomic E-state index is 0.109. The van der Waals surface area contributed by atoms with Crippen LogP contribution in [-0.4, -0.2) is 23.7 Å². The van der Waals surface area contributed by atoms with Crippen molar-refractivity contribution < 1.29 is 19.4 Å². The molecule has 4 nitrogen and oxygen atoms in total. The monoisotopic (exact) mass is 222 g/mol. The van der Waals surface area contributed by atoms with Gasteiger partial charge in [0.25, 0.3) is 0 Å². The summed E-state index contributed by atoms with van der Waals surface area (Å²) in [5, 5.41) is 8.61. The van der Waals surface area contributed by atoms with Gasteiger partial charge in [-0.1, -0.05) is 17.7 Å². The molecule has 1 rings (SSSR count). The average Bonchev–Trinajstić information content (AvgIpc) is 2.26. The number of aryl methyl sites for hydroxylation is 1. The van der Waals surface area contributed by atoms with Crippen LogP contribution in [0.5, 0.6) is 0 Å². The first-order valence-corrected chi connectivity index (χ1v) is 4.97. The number of carbonyl (C=O) groups excluding carboxylic acids is 1. The predicted octanol–water partition coefficient (Wildman–Crippen LogP) is 1.87. The molecule has 1 unspecified atom stereocenters. The summed E-state index contributed by atoms with van der Waals surface area (Å²) >= 11 is 0. The Morgan fingerprint density at radius 3 is 2.38 bits per heavy atom. The van der Waals surface area contributed by atoms with Gasteiger partial charge in [0.1, 0.15) is 6.61 Å². The number of carboxylic acids is 1. The van der Waals surface area contributed by atoms with Crippen molar-refractivity contribution in [2.45, 2.75) is 13.8 Å². The predicted molar refractivity (Wildman–Crippen MR) is 58.3 cm³/mol. The number of hydrogen-bond acceptors (Lipinski definition) is 3. The molecule has 4 heteroatoms. The molecule has 0 saturated carbocycles. The number of hydrogen-bond donors (Lipinski definition) is 1. The van der Waals surface area contributed by atoms with Gasteiger partial charge in [-0.25, -0.2) is 4.79 Å². The molecular formula is C12H14O4. The Labute approximate surface area is 93.9 Å². The van der Waals surface area contributed by atoms with Crippen LogP contribution in [0.15, 0.2) is 24.3 Å². The summed E-state index contributed by atoms with van der Waals surface area (Å²) < 4.78 is 4.87.